The van der Waals surface area contributed by atoms with Crippen molar-refractivity contribution in [1.29, 1.82) is 0 Å². The summed E-state index contributed by atoms with van der Waals surface area (Å²) in [7, 11) is 0. The Balaban J connectivity index is 1.41. The van der Waals surface area contributed by atoms with Crippen LogP contribution in [0.3, 0.4) is 0 Å². The molecule has 0 radical (unpaired) electrons. The van der Waals surface area contributed by atoms with Crippen molar-refractivity contribution in [1.82, 2.24) is 15.0 Å². The molecule has 0 spiro atoms. The van der Waals surface area contributed by atoms with Crippen molar-refractivity contribution in [2.75, 3.05) is 13.1 Å². The first-order chi connectivity index (χ1) is 11.2. The Hall–Kier alpha value is -2.47. The molecule has 1 aromatic carbocycles. The third-order valence-corrected chi connectivity index (χ3v) is 4.72. The summed E-state index contributed by atoms with van der Waals surface area (Å²) >= 11 is 1.60. The number of hydrogen-bond donors (Lipinski definition) is 0. The van der Waals surface area contributed by atoms with Crippen LogP contribution in [0.1, 0.15) is 27.7 Å². The highest BCUT2D eigenvalue weighted by atomic mass is 32.1. The van der Waals surface area contributed by atoms with E-state index < -0.39 is 0 Å². The normalized spacial score (nSPS) is 14.7. The Bertz CT molecular complexity index is 818. The molecule has 0 bridgehead atoms. The molecular formula is C17H15N3O2S. The molecule has 3 aromatic rings. The summed E-state index contributed by atoms with van der Waals surface area (Å²) in [5.74, 6) is 1.41. The molecule has 4 rings (SSSR count). The summed E-state index contributed by atoms with van der Waals surface area (Å²) in [4.78, 5) is 18.6. The van der Waals surface area contributed by atoms with E-state index in [1.807, 2.05) is 52.9 Å². The minimum Gasteiger partial charge on any atom is -0.339 e. The van der Waals surface area contributed by atoms with Crippen LogP contribution in [0.25, 0.3) is 11.4 Å². The van der Waals surface area contributed by atoms with Crippen molar-refractivity contribution in [3.05, 3.63) is 58.1 Å². The van der Waals surface area contributed by atoms with Gasteiger partial charge in [0.25, 0.3) is 5.91 Å². The SMILES string of the molecule is Cc1ccc(C(=O)N2CC(c3nc(-c4ccsc4)no3)C2)cc1. The van der Waals surface area contributed by atoms with Crippen LogP contribution < -0.4 is 0 Å². The van der Waals surface area contributed by atoms with Crippen molar-refractivity contribution in [3.63, 3.8) is 0 Å². The van der Waals surface area contributed by atoms with Gasteiger partial charge in [0.15, 0.2) is 0 Å². The van der Waals surface area contributed by atoms with Gasteiger partial charge in [0.1, 0.15) is 0 Å². The summed E-state index contributed by atoms with van der Waals surface area (Å²) in [6.45, 7) is 3.25. The van der Waals surface area contributed by atoms with Crippen molar-refractivity contribution < 1.29 is 9.32 Å². The van der Waals surface area contributed by atoms with Crippen molar-refractivity contribution in [2.24, 2.45) is 0 Å². The number of rotatable bonds is 3. The van der Waals surface area contributed by atoms with Gasteiger partial charge in [-0.3, -0.25) is 4.79 Å². The summed E-state index contributed by atoms with van der Waals surface area (Å²) in [6, 6.07) is 9.61. The minimum atomic E-state index is 0.0545. The van der Waals surface area contributed by atoms with E-state index in [9.17, 15) is 4.79 Å². The van der Waals surface area contributed by atoms with Crippen LogP contribution in [0.2, 0.25) is 0 Å². The zero-order valence-electron chi connectivity index (χ0n) is 12.6. The van der Waals surface area contributed by atoms with E-state index in [1.54, 1.807) is 11.3 Å². The second-order valence-electron chi connectivity index (χ2n) is 5.74. The zero-order valence-corrected chi connectivity index (χ0v) is 13.4. The second-order valence-corrected chi connectivity index (χ2v) is 6.52. The summed E-state index contributed by atoms with van der Waals surface area (Å²) in [5, 5.41) is 7.99. The third-order valence-electron chi connectivity index (χ3n) is 4.04. The van der Waals surface area contributed by atoms with Crippen LogP contribution in [-0.4, -0.2) is 34.0 Å². The predicted octanol–water partition coefficient (Wildman–Crippen LogP) is 3.35. The number of likely N-dealkylation sites (tertiary alicyclic amines) is 1. The van der Waals surface area contributed by atoms with Crippen LogP contribution >= 0.6 is 11.3 Å². The van der Waals surface area contributed by atoms with Gasteiger partial charge >= 0.3 is 0 Å². The van der Waals surface area contributed by atoms with Gasteiger partial charge in [-0.1, -0.05) is 22.9 Å². The van der Waals surface area contributed by atoms with E-state index in [4.69, 9.17) is 4.52 Å². The number of aryl methyl sites for hydroxylation is 1. The Labute approximate surface area is 137 Å². The first-order valence-electron chi connectivity index (χ1n) is 7.43. The number of carbonyl (C=O) groups excluding carboxylic acids is 1. The van der Waals surface area contributed by atoms with E-state index >= 15 is 0 Å². The molecule has 2 aromatic heterocycles. The summed E-state index contributed by atoms with van der Waals surface area (Å²) in [6.07, 6.45) is 0. The molecule has 23 heavy (non-hydrogen) atoms. The molecule has 1 amide bonds. The topological polar surface area (TPSA) is 59.2 Å². The smallest absolute Gasteiger partial charge is 0.253 e. The molecule has 0 unspecified atom stereocenters. The summed E-state index contributed by atoms with van der Waals surface area (Å²) in [5.41, 5.74) is 2.84. The van der Waals surface area contributed by atoms with Crippen molar-refractivity contribution in [3.8, 4) is 11.4 Å². The lowest BCUT2D eigenvalue weighted by atomic mass is 9.98. The molecule has 0 N–H and O–H groups in total. The van der Waals surface area contributed by atoms with Crippen LogP contribution in [-0.2, 0) is 0 Å². The highest BCUT2D eigenvalue weighted by Gasteiger charge is 2.36. The third kappa shape index (κ3) is 2.66. The fraction of sp³-hybridized carbons (Fsp3) is 0.235. The number of nitrogens with zero attached hydrogens (tertiary/aromatic N) is 3. The average Bonchev–Trinajstić information content (AvgIpc) is 3.17. The summed E-state index contributed by atoms with van der Waals surface area (Å²) < 4.78 is 5.35. The van der Waals surface area contributed by atoms with Gasteiger partial charge in [-0.25, -0.2) is 0 Å². The van der Waals surface area contributed by atoms with Gasteiger partial charge in [-0.05, 0) is 30.5 Å². The molecule has 5 nitrogen and oxygen atoms in total. The molecule has 3 heterocycles. The first kappa shape index (κ1) is 14.1. The number of hydrogen-bond acceptors (Lipinski definition) is 5. The Morgan fingerprint density at radius 3 is 2.74 bits per heavy atom. The largest absolute Gasteiger partial charge is 0.339 e. The molecule has 0 aliphatic carbocycles. The van der Waals surface area contributed by atoms with Crippen LogP contribution in [0.15, 0.2) is 45.6 Å². The predicted molar refractivity (Wildman–Crippen MR) is 87.4 cm³/mol. The van der Waals surface area contributed by atoms with Crippen LogP contribution in [0.4, 0.5) is 0 Å². The molecule has 1 saturated heterocycles. The first-order valence-corrected chi connectivity index (χ1v) is 8.37. The average molecular weight is 325 g/mol. The zero-order chi connectivity index (χ0) is 15.8. The quantitative estimate of drug-likeness (QED) is 0.741. The van der Waals surface area contributed by atoms with E-state index in [0.29, 0.717) is 24.8 Å². The second kappa shape index (κ2) is 5.62. The van der Waals surface area contributed by atoms with Gasteiger partial charge in [0.2, 0.25) is 11.7 Å². The monoisotopic (exact) mass is 325 g/mol. The standard InChI is InChI=1S/C17H15N3O2S/c1-11-2-4-12(5-3-11)17(21)20-8-14(9-20)16-18-15(19-22-16)13-6-7-23-10-13/h2-7,10,14H,8-9H2,1H3. The maximum absolute atomic E-state index is 12.4. The van der Waals surface area contributed by atoms with Gasteiger partial charge < -0.3 is 9.42 Å². The lowest BCUT2D eigenvalue weighted by Gasteiger charge is -2.37. The molecular weight excluding hydrogens is 310 g/mol. The fourth-order valence-electron chi connectivity index (χ4n) is 2.59. The van der Waals surface area contributed by atoms with Gasteiger partial charge in [0, 0.05) is 29.6 Å². The molecule has 0 saturated carbocycles. The minimum absolute atomic E-state index is 0.0545. The van der Waals surface area contributed by atoms with E-state index in [1.165, 1.54) is 0 Å². The van der Waals surface area contributed by atoms with E-state index in [-0.39, 0.29) is 11.8 Å². The number of aromatic nitrogens is 2. The molecule has 1 aliphatic heterocycles. The lowest BCUT2D eigenvalue weighted by molar-refractivity contribution is 0.0569. The maximum Gasteiger partial charge on any atom is 0.253 e. The molecule has 116 valence electrons. The van der Waals surface area contributed by atoms with Crippen LogP contribution in [0, 0.1) is 6.92 Å². The molecule has 6 heteroatoms. The van der Waals surface area contributed by atoms with Crippen molar-refractivity contribution in [2.45, 2.75) is 12.8 Å². The van der Waals surface area contributed by atoms with Gasteiger partial charge in [-0.15, -0.1) is 0 Å². The molecule has 1 fully saturated rings. The number of carbonyl (C=O) groups is 1. The highest BCUT2D eigenvalue weighted by molar-refractivity contribution is 7.08. The Kier molecular flexibility index (Phi) is 3.46. The Morgan fingerprint density at radius 1 is 1.26 bits per heavy atom. The molecule has 1 aliphatic rings. The molecule has 0 atom stereocenters. The van der Waals surface area contributed by atoms with E-state index in [0.717, 1.165) is 16.7 Å². The number of benzene rings is 1. The maximum atomic E-state index is 12.4. The highest BCUT2D eigenvalue weighted by Crippen LogP contribution is 2.29. The van der Waals surface area contributed by atoms with Crippen LogP contribution in [0.5, 0.6) is 0 Å². The fourth-order valence-corrected chi connectivity index (χ4v) is 3.22. The van der Waals surface area contributed by atoms with Gasteiger partial charge in [0.05, 0.1) is 5.92 Å². The number of amides is 1. The van der Waals surface area contributed by atoms with Gasteiger partial charge in [-0.2, -0.15) is 16.3 Å². The van der Waals surface area contributed by atoms with E-state index in [2.05, 4.69) is 10.1 Å². The Morgan fingerprint density at radius 2 is 2.04 bits per heavy atom. The number of thiophene rings is 1. The van der Waals surface area contributed by atoms with Crippen molar-refractivity contribution >= 4 is 17.2 Å². The lowest BCUT2D eigenvalue weighted by Crippen LogP contribution is -2.48.